The number of nitrogens with zero attached hydrogens (tertiary/aromatic N) is 6. The fourth-order valence-corrected chi connectivity index (χ4v) is 6.52. The van der Waals surface area contributed by atoms with Gasteiger partial charge in [0.1, 0.15) is 23.3 Å². The van der Waals surface area contributed by atoms with Crippen LogP contribution in [0.2, 0.25) is 0 Å². The molecule has 0 saturated carbocycles. The lowest BCUT2D eigenvalue weighted by Gasteiger charge is -2.49. The lowest BCUT2D eigenvalue weighted by atomic mass is 10.0. The van der Waals surface area contributed by atoms with E-state index in [1.165, 1.54) is 28.3 Å². The molecule has 13 nitrogen and oxygen atoms in total. The molecule has 0 spiro atoms. The average molecular weight is 545 g/mol. The van der Waals surface area contributed by atoms with Crippen molar-refractivity contribution in [1.29, 1.82) is 0 Å². The molecule has 5 N–H and O–H groups in total. The zero-order chi connectivity index (χ0) is 24.6. The smallest absolute Gasteiger partial charge is 0.352 e. The number of carbonyl (C=O) groups excluding carboxylic acids is 2. The number of tetrazole rings is 1. The van der Waals surface area contributed by atoms with Crippen LogP contribution in [-0.4, -0.2) is 81.0 Å². The van der Waals surface area contributed by atoms with Crippen molar-refractivity contribution < 1.29 is 24.6 Å². The number of thioether (sulfide) groups is 2. The Bertz CT molecular complexity index is 1210. The van der Waals surface area contributed by atoms with E-state index in [4.69, 9.17) is 17.3 Å². The summed E-state index contributed by atoms with van der Waals surface area (Å²) in [5.74, 6) is -1.92. The van der Waals surface area contributed by atoms with Crippen LogP contribution in [0, 0.1) is 0 Å². The molecule has 2 aromatic rings. The van der Waals surface area contributed by atoms with Crippen LogP contribution >= 0.6 is 46.5 Å². The largest absolute Gasteiger partial charge is 0.477 e. The predicted octanol–water partition coefficient (Wildman–Crippen LogP) is 0.333. The molecule has 0 aromatic carbocycles. The second-order valence-electron chi connectivity index (χ2n) is 7.04. The summed E-state index contributed by atoms with van der Waals surface area (Å²) in [7, 11) is 0. The summed E-state index contributed by atoms with van der Waals surface area (Å²) in [4.78, 5) is 42.8. The summed E-state index contributed by atoms with van der Waals surface area (Å²) >= 11 is 9.40. The van der Waals surface area contributed by atoms with E-state index in [-0.39, 0.29) is 27.8 Å². The lowest BCUT2D eigenvalue weighted by molar-refractivity contribution is -0.150. The molecule has 0 bridgehead atoms. The van der Waals surface area contributed by atoms with Crippen LogP contribution in [0.3, 0.4) is 0 Å². The number of carboxylic acid groups (broad SMARTS) is 1. The zero-order valence-electron chi connectivity index (χ0n) is 17.3. The Kier molecular flexibility index (Phi) is 7.13. The molecule has 180 valence electrons. The molecule has 2 unspecified atom stereocenters. The van der Waals surface area contributed by atoms with Crippen LogP contribution in [0.5, 0.6) is 0 Å². The number of carboxylic acids is 1. The van der Waals surface area contributed by atoms with Gasteiger partial charge in [0.15, 0.2) is 5.13 Å². The standard InChI is InChI=1S/C17H17ClN8O5S3/c1-6(27)26-17(22-23-24-26)34-4-7-3-32-14-10(13(29)25(14)11(7)15(30)31)21-12(28)8(2-18)9-5-33-16(19)20-9/h2,5-6,10,14,27H,3-4H2,1H3,(H2,19,20)(H,21,28)(H,30,31)/t6?,10?,14-/m0/s1. The zero-order valence-corrected chi connectivity index (χ0v) is 20.5. The first-order valence-electron chi connectivity index (χ1n) is 9.54. The third kappa shape index (κ3) is 4.50. The summed E-state index contributed by atoms with van der Waals surface area (Å²) in [5.41, 5.74) is 7.35. The second-order valence-corrected chi connectivity index (χ2v) is 10.2. The number of nitrogens with two attached hydrogens (primary N) is 1. The average Bonchev–Trinajstić information content (AvgIpc) is 3.44. The number of aliphatic carboxylic acids is 1. The summed E-state index contributed by atoms with van der Waals surface area (Å²) in [6.07, 6.45) is -0.954. The maximum absolute atomic E-state index is 12.9. The van der Waals surface area contributed by atoms with E-state index in [2.05, 4.69) is 25.8 Å². The van der Waals surface area contributed by atoms with Crippen molar-refractivity contribution in [3.8, 4) is 0 Å². The highest BCUT2D eigenvalue weighted by molar-refractivity contribution is 8.01. The summed E-state index contributed by atoms with van der Waals surface area (Å²) in [6.45, 7) is 1.49. The molecule has 2 aliphatic heterocycles. The van der Waals surface area contributed by atoms with Gasteiger partial charge in [-0.2, -0.15) is 4.68 Å². The minimum Gasteiger partial charge on any atom is -0.477 e. The molecule has 2 aromatic heterocycles. The van der Waals surface area contributed by atoms with Gasteiger partial charge in [0, 0.05) is 22.4 Å². The van der Waals surface area contributed by atoms with Crippen molar-refractivity contribution in [2.45, 2.75) is 29.7 Å². The van der Waals surface area contributed by atoms with Crippen molar-refractivity contribution >= 4 is 74.9 Å². The predicted molar refractivity (Wildman–Crippen MR) is 126 cm³/mol. The SMILES string of the molecule is CC(O)n1nnnc1SCC1=C(C(=O)O)N2C(=O)C(NC(=O)C(=CCl)c3csc(N)n3)[C@@H]2SC1. The van der Waals surface area contributed by atoms with Gasteiger partial charge in [-0.05, 0) is 22.9 Å². The maximum Gasteiger partial charge on any atom is 0.352 e. The van der Waals surface area contributed by atoms with Gasteiger partial charge in [-0.15, -0.1) is 28.2 Å². The number of rotatable bonds is 8. The Morgan fingerprint density at radius 3 is 2.88 bits per heavy atom. The maximum atomic E-state index is 12.9. The molecular weight excluding hydrogens is 528 g/mol. The number of anilines is 1. The van der Waals surface area contributed by atoms with Crippen LogP contribution in [0.1, 0.15) is 18.8 Å². The number of aromatic nitrogens is 5. The highest BCUT2D eigenvalue weighted by Crippen LogP contribution is 2.41. The number of halogens is 1. The molecular formula is C17H17ClN8O5S3. The van der Waals surface area contributed by atoms with Crippen molar-refractivity contribution in [1.82, 2.24) is 35.4 Å². The molecule has 3 atom stereocenters. The van der Waals surface area contributed by atoms with Gasteiger partial charge in [0.25, 0.3) is 11.8 Å². The number of hydrogen-bond acceptors (Lipinski definition) is 12. The number of fused-ring (bicyclic) bond motifs is 1. The van der Waals surface area contributed by atoms with Gasteiger partial charge in [-0.25, -0.2) is 9.78 Å². The molecule has 0 radical (unpaired) electrons. The number of aliphatic hydroxyl groups is 1. The van der Waals surface area contributed by atoms with E-state index >= 15 is 0 Å². The highest BCUT2D eigenvalue weighted by Gasteiger charge is 2.54. The number of amides is 2. The van der Waals surface area contributed by atoms with Crippen LogP contribution in [-0.2, 0) is 14.4 Å². The quantitative estimate of drug-likeness (QED) is 0.203. The molecule has 17 heteroatoms. The van der Waals surface area contributed by atoms with Crippen LogP contribution < -0.4 is 11.1 Å². The number of aliphatic hydroxyl groups excluding tert-OH is 1. The highest BCUT2D eigenvalue weighted by atomic mass is 35.5. The molecule has 4 rings (SSSR count). The molecule has 34 heavy (non-hydrogen) atoms. The van der Waals surface area contributed by atoms with E-state index in [1.54, 1.807) is 5.38 Å². The summed E-state index contributed by atoms with van der Waals surface area (Å²) in [6, 6.07) is -0.925. The Morgan fingerprint density at radius 1 is 1.50 bits per heavy atom. The Labute approximate surface area is 209 Å². The van der Waals surface area contributed by atoms with Gasteiger partial charge in [0.2, 0.25) is 5.16 Å². The lowest BCUT2D eigenvalue weighted by Crippen LogP contribution is -2.70. The Balaban J connectivity index is 1.48. The number of nitrogens with one attached hydrogen (secondary N) is 1. The fraction of sp³-hybridized carbons (Fsp3) is 0.353. The first-order chi connectivity index (χ1) is 16.2. The van der Waals surface area contributed by atoms with E-state index in [1.807, 2.05) is 0 Å². The van der Waals surface area contributed by atoms with E-state index < -0.39 is 35.4 Å². The van der Waals surface area contributed by atoms with Gasteiger partial charge in [-0.3, -0.25) is 14.5 Å². The number of β-lactam (4-membered cyclic amide) rings is 1. The Morgan fingerprint density at radius 2 is 2.26 bits per heavy atom. The third-order valence-electron chi connectivity index (χ3n) is 4.88. The molecule has 1 fully saturated rings. The number of carbonyl (C=O) groups is 3. The summed E-state index contributed by atoms with van der Waals surface area (Å²) in [5, 5.41) is 34.7. The Hall–Kier alpha value is -2.66. The van der Waals surface area contributed by atoms with Crippen LogP contribution in [0.15, 0.2) is 27.3 Å². The van der Waals surface area contributed by atoms with E-state index in [0.29, 0.717) is 16.5 Å². The van der Waals surface area contributed by atoms with Gasteiger partial charge in [0.05, 0.1) is 11.3 Å². The molecule has 2 aliphatic rings. The fourth-order valence-electron chi connectivity index (χ4n) is 3.31. The molecule has 1 saturated heterocycles. The number of hydrogen-bond donors (Lipinski definition) is 4. The van der Waals surface area contributed by atoms with Gasteiger partial charge >= 0.3 is 5.97 Å². The second kappa shape index (κ2) is 9.91. The molecule has 4 heterocycles. The van der Waals surface area contributed by atoms with Crippen LogP contribution in [0.25, 0.3) is 5.57 Å². The topological polar surface area (TPSA) is 189 Å². The first kappa shape index (κ1) is 24.5. The van der Waals surface area contributed by atoms with E-state index in [9.17, 15) is 24.6 Å². The monoisotopic (exact) mass is 544 g/mol. The van der Waals surface area contributed by atoms with Crippen LogP contribution in [0.4, 0.5) is 5.13 Å². The normalized spacial score (nSPS) is 21.2. The molecule has 0 aliphatic carbocycles. The number of nitrogen functional groups attached to an aromatic ring is 1. The van der Waals surface area contributed by atoms with E-state index in [0.717, 1.165) is 28.6 Å². The summed E-state index contributed by atoms with van der Waals surface area (Å²) < 4.78 is 1.20. The van der Waals surface area contributed by atoms with Crippen molar-refractivity contribution in [2.24, 2.45) is 0 Å². The van der Waals surface area contributed by atoms with Gasteiger partial charge < -0.3 is 21.3 Å². The minimum atomic E-state index is -1.26. The minimum absolute atomic E-state index is 0.0450. The molecule has 2 amide bonds. The number of thiazole rings is 1. The third-order valence-corrected chi connectivity index (χ3v) is 8.13. The van der Waals surface area contributed by atoms with Crippen molar-refractivity contribution in [3.05, 3.63) is 27.9 Å². The van der Waals surface area contributed by atoms with Gasteiger partial charge in [-0.1, -0.05) is 23.4 Å². The first-order valence-corrected chi connectivity index (χ1v) is 12.9. The van der Waals surface area contributed by atoms with Crippen molar-refractivity contribution in [3.63, 3.8) is 0 Å². The van der Waals surface area contributed by atoms with Crippen molar-refractivity contribution in [2.75, 3.05) is 17.2 Å².